The van der Waals surface area contributed by atoms with Crippen molar-refractivity contribution in [2.24, 2.45) is 0 Å². The molecule has 0 atom stereocenters. The van der Waals surface area contributed by atoms with Crippen LogP contribution in [0.2, 0.25) is 0 Å². The first-order valence-corrected chi connectivity index (χ1v) is 14.3. The molecule has 0 spiro atoms. The van der Waals surface area contributed by atoms with Crippen LogP contribution in [0.1, 0.15) is 0 Å². The summed E-state index contributed by atoms with van der Waals surface area (Å²) in [5.74, 6) is 0. The van der Waals surface area contributed by atoms with Crippen molar-refractivity contribution in [2.45, 2.75) is 19.6 Å². The summed E-state index contributed by atoms with van der Waals surface area (Å²) in [5, 5.41) is 6.03. The molecular weight excluding hydrogens is 537 g/mol. The molecule has 4 amide bonds. The van der Waals surface area contributed by atoms with Gasteiger partial charge >= 0.3 is 12.1 Å². The van der Waals surface area contributed by atoms with Gasteiger partial charge < -0.3 is 10.6 Å². The van der Waals surface area contributed by atoms with E-state index in [1.54, 1.807) is 57.6 Å². The Hall–Kier alpha value is -4.66. The first-order valence-electron chi connectivity index (χ1n) is 12.7. The van der Waals surface area contributed by atoms with Crippen molar-refractivity contribution in [3.8, 4) is 0 Å². The fourth-order valence-electron chi connectivity index (χ4n) is 4.84. The van der Waals surface area contributed by atoms with Crippen molar-refractivity contribution in [1.29, 1.82) is 0 Å². The Bertz CT molecular complexity index is 1550. The number of urea groups is 2. The molecule has 2 aliphatic rings. The van der Waals surface area contributed by atoms with Crippen LogP contribution in [-0.4, -0.2) is 12.1 Å². The minimum atomic E-state index is -0.254. The summed E-state index contributed by atoms with van der Waals surface area (Å²) in [4.78, 5) is 34.6. The minimum Gasteiger partial charge on any atom is -0.307 e. The van der Waals surface area contributed by atoms with Gasteiger partial charge in [-0.1, -0.05) is 72.1 Å². The maximum Gasteiger partial charge on any atom is 0.331 e. The van der Waals surface area contributed by atoms with Crippen LogP contribution in [0, 0.1) is 0 Å². The highest BCUT2D eigenvalue weighted by Crippen LogP contribution is 2.49. The van der Waals surface area contributed by atoms with Gasteiger partial charge in [-0.15, -0.1) is 0 Å². The molecule has 0 unspecified atom stereocenters. The quantitative estimate of drug-likeness (QED) is 0.227. The zero-order chi connectivity index (χ0) is 27.1. The third kappa shape index (κ3) is 4.37. The maximum absolute atomic E-state index is 13.5. The van der Waals surface area contributed by atoms with Crippen LogP contribution in [0.4, 0.5) is 43.7 Å². The van der Waals surface area contributed by atoms with E-state index >= 15 is 0 Å². The average molecular weight is 559 g/mol. The largest absolute Gasteiger partial charge is 0.331 e. The van der Waals surface area contributed by atoms with Crippen molar-refractivity contribution >= 4 is 69.7 Å². The lowest BCUT2D eigenvalue weighted by molar-refractivity contribution is 0.258. The molecule has 194 valence electrons. The number of nitrogens with zero attached hydrogens (tertiary/aromatic N) is 2. The molecule has 8 heteroatoms. The Morgan fingerprint density at radius 3 is 1.00 bits per heavy atom. The van der Waals surface area contributed by atoms with Crippen LogP contribution in [0.3, 0.4) is 0 Å². The number of rotatable bonds is 2. The van der Waals surface area contributed by atoms with Gasteiger partial charge in [0.15, 0.2) is 0 Å². The van der Waals surface area contributed by atoms with Crippen LogP contribution >= 0.6 is 23.5 Å². The van der Waals surface area contributed by atoms with Gasteiger partial charge in [0.25, 0.3) is 0 Å². The van der Waals surface area contributed by atoms with Gasteiger partial charge in [0.1, 0.15) is 0 Å². The van der Waals surface area contributed by atoms with Crippen molar-refractivity contribution < 1.29 is 9.59 Å². The summed E-state index contributed by atoms with van der Waals surface area (Å²) in [6.45, 7) is 0. The SMILES string of the molecule is O=C(Nc1ccc(NC(=O)N2c3ccccc3Sc3ccccc32)cc1)N1c2ccccc2Sc2ccccc21. The van der Waals surface area contributed by atoms with E-state index in [9.17, 15) is 9.59 Å². The molecule has 40 heavy (non-hydrogen) atoms. The molecule has 2 N–H and O–H groups in total. The van der Waals surface area contributed by atoms with Gasteiger partial charge in [-0.25, -0.2) is 9.59 Å². The highest BCUT2D eigenvalue weighted by Gasteiger charge is 2.29. The van der Waals surface area contributed by atoms with E-state index in [-0.39, 0.29) is 12.1 Å². The Morgan fingerprint density at radius 2 is 0.700 bits per heavy atom. The first-order chi connectivity index (χ1) is 19.7. The zero-order valence-electron chi connectivity index (χ0n) is 21.1. The summed E-state index contributed by atoms with van der Waals surface area (Å²) in [7, 11) is 0. The number of para-hydroxylation sites is 4. The Balaban J connectivity index is 1.11. The second-order valence-corrected chi connectivity index (χ2v) is 11.4. The molecule has 0 aromatic heterocycles. The number of hydrogen-bond acceptors (Lipinski definition) is 4. The van der Waals surface area contributed by atoms with Crippen LogP contribution in [-0.2, 0) is 0 Å². The molecule has 7 rings (SSSR count). The van der Waals surface area contributed by atoms with Crippen LogP contribution < -0.4 is 20.4 Å². The van der Waals surface area contributed by atoms with Gasteiger partial charge in [0.05, 0.1) is 22.7 Å². The van der Waals surface area contributed by atoms with E-state index in [0.717, 1.165) is 42.3 Å². The lowest BCUT2D eigenvalue weighted by Gasteiger charge is -2.31. The molecule has 2 heterocycles. The molecule has 0 saturated carbocycles. The summed E-state index contributed by atoms with van der Waals surface area (Å²) < 4.78 is 0. The van der Waals surface area contributed by atoms with Gasteiger partial charge in [0, 0.05) is 31.0 Å². The smallest absolute Gasteiger partial charge is 0.307 e. The number of benzene rings is 5. The summed E-state index contributed by atoms with van der Waals surface area (Å²) in [5.41, 5.74) is 4.61. The third-order valence-electron chi connectivity index (χ3n) is 6.66. The van der Waals surface area contributed by atoms with Crippen molar-refractivity contribution in [1.82, 2.24) is 0 Å². The number of nitrogens with one attached hydrogen (secondary N) is 2. The van der Waals surface area contributed by atoms with Gasteiger partial charge in [-0.2, -0.15) is 0 Å². The molecule has 0 radical (unpaired) electrons. The van der Waals surface area contributed by atoms with E-state index in [2.05, 4.69) is 10.6 Å². The van der Waals surface area contributed by atoms with E-state index in [1.165, 1.54) is 0 Å². The van der Waals surface area contributed by atoms with Gasteiger partial charge in [0.2, 0.25) is 0 Å². The highest BCUT2D eigenvalue weighted by molar-refractivity contribution is 8.00. The normalized spacial score (nSPS) is 12.9. The molecule has 5 aromatic carbocycles. The predicted molar refractivity (Wildman–Crippen MR) is 163 cm³/mol. The Morgan fingerprint density at radius 1 is 0.425 bits per heavy atom. The summed E-state index contributed by atoms with van der Waals surface area (Å²) in [6, 6.07) is 38.2. The number of anilines is 6. The van der Waals surface area contributed by atoms with Gasteiger partial charge in [-0.3, -0.25) is 9.80 Å². The molecule has 2 aliphatic heterocycles. The van der Waals surface area contributed by atoms with E-state index in [4.69, 9.17) is 0 Å². The van der Waals surface area contributed by atoms with Crippen LogP contribution in [0.5, 0.6) is 0 Å². The number of carbonyl (C=O) groups excluding carboxylic acids is 2. The lowest BCUT2D eigenvalue weighted by Crippen LogP contribution is -2.33. The zero-order valence-corrected chi connectivity index (χ0v) is 22.7. The second kappa shape index (κ2) is 10.1. The van der Waals surface area contributed by atoms with Crippen LogP contribution in [0.15, 0.2) is 141 Å². The van der Waals surface area contributed by atoms with E-state index in [0.29, 0.717) is 11.4 Å². The third-order valence-corrected chi connectivity index (χ3v) is 8.92. The standard InChI is InChI=1S/C32H22N4O2S2/c37-31(35-23-9-1-5-13-27(23)39-28-14-6-2-10-24(28)35)33-21-17-19-22(20-18-21)34-32(38)36-25-11-3-7-15-29(25)40-30-16-8-4-12-26(30)36/h1-20H,(H,33,37)(H,34,38). The molecule has 0 bridgehead atoms. The second-order valence-electron chi connectivity index (χ2n) is 9.18. The molecule has 0 saturated heterocycles. The molecule has 0 aliphatic carbocycles. The average Bonchev–Trinajstić information content (AvgIpc) is 2.99. The lowest BCUT2D eigenvalue weighted by atomic mass is 10.2. The number of hydrogen-bond donors (Lipinski definition) is 2. The number of fused-ring (bicyclic) bond motifs is 4. The van der Waals surface area contributed by atoms with Crippen molar-refractivity contribution in [2.75, 3.05) is 20.4 Å². The highest BCUT2D eigenvalue weighted by atomic mass is 32.2. The summed E-state index contributed by atoms with van der Waals surface area (Å²) in [6.07, 6.45) is 0. The topological polar surface area (TPSA) is 64.7 Å². The van der Waals surface area contributed by atoms with E-state index < -0.39 is 0 Å². The van der Waals surface area contributed by atoms with Gasteiger partial charge in [-0.05, 0) is 72.8 Å². The van der Waals surface area contributed by atoms with Crippen molar-refractivity contribution in [3.05, 3.63) is 121 Å². The summed E-state index contributed by atoms with van der Waals surface area (Å²) >= 11 is 3.31. The fraction of sp³-hybridized carbons (Fsp3) is 0. The Labute approximate surface area is 240 Å². The molecular formula is C32H22N4O2S2. The number of amides is 4. The van der Waals surface area contributed by atoms with Crippen molar-refractivity contribution in [3.63, 3.8) is 0 Å². The van der Waals surface area contributed by atoms with Crippen LogP contribution in [0.25, 0.3) is 0 Å². The molecule has 5 aromatic rings. The Kier molecular flexibility index (Phi) is 6.18. The molecule has 0 fully saturated rings. The predicted octanol–water partition coefficient (Wildman–Crippen LogP) is 9.36. The van der Waals surface area contributed by atoms with E-state index in [1.807, 2.05) is 97.1 Å². The maximum atomic E-state index is 13.5. The minimum absolute atomic E-state index is 0.254. The first kappa shape index (κ1) is 24.4. The number of carbonyl (C=O) groups is 2. The molecule has 6 nitrogen and oxygen atoms in total. The fourth-order valence-corrected chi connectivity index (χ4v) is 6.96. The monoisotopic (exact) mass is 558 g/mol.